The van der Waals surface area contributed by atoms with Gasteiger partial charge in [0, 0.05) is 0 Å². The SMILES string of the molecule is CC(C)(C)OC(=O)Nc1nc(Cl)nn2c(Br)cnc12. The number of anilines is 1. The normalized spacial score (nSPS) is 11.6. The molecule has 0 saturated carbocycles. The van der Waals surface area contributed by atoms with Gasteiger partial charge in [0.1, 0.15) is 10.2 Å². The number of rotatable bonds is 1. The highest BCUT2D eigenvalue weighted by Gasteiger charge is 2.19. The Kier molecular flexibility index (Phi) is 3.64. The van der Waals surface area contributed by atoms with Crippen LogP contribution < -0.4 is 5.32 Å². The summed E-state index contributed by atoms with van der Waals surface area (Å²) in [5.41, 5.74) is -0.241. The van der Waals surface area contributed by atoms with Crippen molar-refractivity contribution in [3.8, 4) is 0 Å². The predicted octanol–water partition coefficient (Wildman–Crippen LogP) is 2.89. The Hall–Kier alpha value is -1.41. The van der Waals surface area contributed by atoms with Gasteiger partial charge in [-0.25, -0.2) is 14.3 Å². The fraction of sp³-hybridized carbons (Fsp3) is 0.400. The number of nitrogens with one attached hydrogen (secondary N) is 1. The van der Waals surface area contributed by atoms with Crippen molar-refractivity contribution in [1.82, 2.24) is 19.6 Å². The summed E-state index contributed by atoms with van der Waals surface area (Å²) in [6.07, 6.45) is 0.893. The Morgan fingerprint density at radius 1 is 1.53 bits per heavy atom. The standard InChI is InChI=1S/C10H11BrClN5O2/c1-10(2,3)19-9(18)15-6-7-13-4-5(11)17(7)16-8(12)14-6/h4H,1-3H3,(H,14,15,16,18). The van der Waals surface area contributed by atoms with Gasteiger partial charge in [0.15, 0.2) is 11.5 Å². The van der Waals surface area contributed by atoms with Crippen LogP contribution in [0, 0.1) is 0 Å². The van der Waals surface area contributed by atoms with Crippen molar-refractivity contribution in [1.29, 1.82) is 0 Å². The molecule has 0 atom stereocenters. The zero-order chi connectivity index (χ0) is 14.2. The average molecular weight is 349 g/mol. The molecule has 1 N–H and O–H groups in total. The van der Waals surface area contributed by atoms with Gasteiger partial charge in [-0.1, -0.05) is 0 Å². The third-order valence-corrected chi connectivity index (χ3v) is 2.61. The number of ether oxygens (including phenoxy) is 1. The van der Waals surface area contributed by atoms with Crippen LogP contribution in [-0.2, 0) is 4.74 Å². The minimum absolute atomic E-state index is 0.0164. The highest BCUT2D eigenvalue weighted by molar-refractivity contribution is 9.10. The molecular formula is C10H11BrClN5O2. The number of hydrogen-bond donors (Lipinski definition) is 1. The molecule has 0 saturated heterocycles. The summed E-state index contributed by atoms with van der Waals surface area (Å²) < 4.78 is 7.15. The van der Waals surface area contributed by atoms with Gasteiger partial charge in [-0.3, -0.25) is 5.32 Å². The Morgan fingerprint density at radius 3 is 2.84 bits per heavy atom. The maximum atomic E-state index is 11.7. The number of imidazole rings is 1. The van der Waals surface area contributed by atoms with Gasteiger partial charge in [-0.05, 0) is 48.3 Å². The molecule has 2 heterocycles. The fourth-order valence-electron chi connectivity index (χ4n) is 1.31. The molecule has 0 radical (unpaired) electrons. The van der Waals surface area contributed by atoms with E-state index in [1.54, 1.807) is 20.8 Å². The third-order valence-electron chi connectivity index (χ3n) is 1.91. The van der Waals surface area contributed by atoms with E-state index < -0.39 is 11.7 Å². The predicted molar refractivity (Wildman–Crippen MR) is 73.3 cm³/mol. The first-order valence-corrected chi connectivity index (χ1v) is 6.50. The molecule has 2 rings (SSSR count). The molecule has 102 valence electrons. The molecule has 1 amide bonds. The summed E-state index contributed by atoms with van der Waals surface area (Å²) in [5.74, 6) is 0.181. The molecular weight excluding hydrogens is 338 g/mol. The Bertz CT molecular complexity index is 637. The van der Waals surface area contributed by atoms with Gasteiger partial charge in [0.05, 0.1) is 6.20 Å². The highest BCUT2D eigenvalue weighted by Crippen LogP contribution is 2.20. The lowest BCUT2D eigenvalue weighted by Crippen LogP contribution is -2.27. The lowest BCUT2D eigenvalue weighted by Gasteiger charge is -2.19. The summed E-state index contributed by atoms with van der Waals surface area (Å²) >= 11 is 9.04. The van der Waals surface area contributed by atoms with Crippen LogP contribution >= 0.6 is 27.5 Å². The van der Waals surface area contributed by atoms with E-state index in [4.69, 9.17) is 16.3 Å². The number of nitrogens with zero attached hydrogens (tertiary/aromatic N) is 4. The largest absolute Gasteiger partial charge is 0.444 e. The number of hydrogen-bond acceptors (Lipinski definition) is 5. The molecule has 7 nitrogen and oxygen atoms in total. The van der Waals surface area contributed by atoms with E-state index in [0.717, 1.165) is 0 Å². The molecule has 0 aliphatic rings. The van der Waals surface area contributed by atoms with Gasteiger partial charge in [0.25, 0.3) is 0 Å². The van der Waals surface area contributed by atoms with Crippen molar-refractivity contribution >= 4 is 45.1 Å². The van der Waals surface area contributed by atoms with Crippen LogP contribution in [-0.4, -0.2) is 31.3 Å². The number of carbonyl (C=O) groups excluding carboxylic acids is 1. The molecule has 0 spiro atoms. The second-order valence-corrected chi connectivity index (χ2v) is 5.82. The number of amides is 1. The van der Waals surface area contributed by atoms with E-state index in [-0.39, 0.29) is 11.1 Å². The molecule has 2 aromatic rings. The van der Waals surface area contributed by atoms with Gasteiger partial charge in [0.2, 0.25) is 5.28 Å². The second-order valence-electron chi connectivity index (χ2n) is 4.67. The summed E-state index contributed by atoms with van der Waals surface area (Å²) in [7, 11) is 0. The van der Waals surface area contributed by atoms with Crippen LogP contribution in [0.2, 0.25) is 5.28 Å². The van der Waals surface area contributed by atoms with Crippen molar-refractivity contribution in [3.63, 3.8) is 0 Å². The van der Waals surface area contributed by atoms with E-state index in [2.05, 4.69) is 36.3 Å². The van der Waals surface area contributed by atoms with Crippen molar-refractivity contribution < 1.29 is 9.53 Å². The minimum Gasteiger partial charge on any atom is -0.444 e. The summed E-state index contributed by atoms with van der Waals surface area (Å²) in [6, 6.07) is 0. The molecule has 9 heteroatoms. The van der Waals surface area contributed by atoms with E-state index in [9.17, 15) is 4.79 Å². The monoisotopic (exact) mass is 347 g/mol. The van der Waals surface area contributed by atoms with Gasteiger partial charge in [-0.2, -0.15) is 4.98 Å². The summed E-state index contributed by atoms with van der Waals surface area (Å²) in [6.45, 7) is 5.30. The van der Waals surface area contributed by atoms with Crippen LogP contribution in [0.3, 0.4) is 0 Å². The van der Waals surface area contributed by atoms with Crippen LogP contribution in [0.15, 0.2) is 10.8 Å². The van der Waals surface area contributed by atoms with Crippen molar-refractivity contribution in [2.75, 3.05) is 5.32 Å². The Balaban J connectivity index is 2.33. The maximum absolute atomic E-state index is 11.7. The zero-order valence-corrected chi connectivity index (χ0v) is 12.8. The van der Waals surface area contributed by atoms with Crippen LogP contribution in [0.4, 0.5) is 10.6 Å². The average Bonchev–Trinajstić information content (AvgIpc) is 2.57. The molecule has 19 heavy (non-hydrogen) atoms. The van der Waals surface area contributed by atoms with Crippen LogP contribution in [0.5, 0.6) is 0 Å². The number of halogens is 2. The Morgan fingerprint density at radius 2 is 2.21 bits per heavy atom. The quantitative estimate of drug-likeness (QED) is 0.857. The lowest BCUT2D eigenvalue weighted by molar-refractivity contribution is 0.0635. The Labute approximate surface area is 122 Å². The second kappa shape index (κ2) is 4.93. The molecule has 0 unspecified atom stereocenters. The van der Waals surface area contributed by atoms with Gasteiger partial charge >= 0.3 is 6.09 Å². The fourth-order valence-corrected chi connectivity index (χ4v) is 1.82. The first-order valence-electron chi connectivity index (χ1n) is 5.33. The number of fused-ring (bicyclic) bond motifs is 1. The summed E-state index contributed by atoms with van der Waals surface area (Å²) in [4.78, 5) is 19.7. The molecule has 2 aromatic heterocycles. The molecule has 0 aliphatic carbocycles. The van der Waals surface area contributed by atoms with E-state index in [1.807, 2.05) is 0 Å². The molecule has 0 fully saturated rings. The zero-order valence-electron chi connectivity index (χ0n) is 10.4. The topological polar surface area (TPSA) is 81.4 Å². The van der Waals surface area contributed by atoms with Gasteiger partial charge in [-0.15, -0.1) is 5.10 Å². The smallest absolute Gasteiger partial charge is 0.413 e. The maximum Gasteiger partial charge on any atom is 0.413 e. The first-order chi connectivity index (χ1) is 8.76. The van der Waals surface area contributed by atoms with Crippen molar-refractivity contribution in [3.05, 3.63) is 16.1 Å². The van der Waals surface area contributed by atoms with Crippen LogP contribution in [0.1, 0.15) is 20.8 Å². The van der Waals surface area contributed by atoms with Crippen LogP contribution in [0.25, 0.3) is 5.65 Å². The van der Waals surface area contributed by atoms with E-state index in [1.165, 1.54) is 10.7 Å². The number of aromatic nitrogens is 4. The van der Waals surface area contributed by atoms with Crippen molar-refractivity contribution in [2.24, 2.45) is 0 Å². The minimum atomic E-state index is -0.636. The van der Waals surface area contributed by atoms with E-state index >= 15 is 0 Å². The highest BCUT2D eigenvalue weighted by atomic mass is 79.9. The lowest BCUT2D eigenvalue weighted by atomic mass is 10.2. The third kappa shape index (κ3) is 3.32. The van der Waals surface area contributed by atoms with E-state index in [0.29, 0.717) is 10.3 Å². The molecule has 0 bridgehead atoms. The molecule has 0 aromatic carbocycles. The summed E-state index contributed by atoms with van der Waals surface area (Å²) in [5, 5.41) is 6.43. The van der Waals surface area contributed by atoms with Gasteiger partial charge < -0.3 is 4.74 Å². The molecule has 0 aliphatic heterocycles. The first kappa shape index (κ1) is 14.0. The van der Waals surface area contributed by atoms with Crippen molar-refractivity contribution in [2.45, 2.75) is 26.4 Å². The number of carbonyl (C=O) groups is 1.